The molecule has 5 N–H and O–H groups in total. The van der Waals surface area contributed by atoms with Crippen LogP contribution >= 0.6 is 11.8 Å². The highest BCUT2D eigenvalue weighted by Gasteiger charge is 2.33. The number of unbranched alkanes of at least 4 members (excludes halogenated alkanes) is 3. The van der Waals surface area contributed by atoms with E-state index >= 15 is 0 Å². The van der Waals surface area contributed by atoms with Gasteiger partial charge in [0.15, 0.2) is 12.5 Å². The summed E-state index contributed by atoms with van der Waals surface area (Å²) in [6.45, 7) is 0.394. The Bertz CT molecular complexity index is 2030. The fraction of sp³-hybridized carbons (Fsp3) is 0.295. The first-order chi connectivity index (χ1) is 26.8. The first-order valence-electron chi connectivity index (χ1n) is 18.8. The van der Waals surface area contributed by atoms with Crippen LogP contribution in [0, 0.1) is 5.21 Å². The Kier molecular flexibility index (Phi) is 14.3. The highest BCUT2D eigenvalue weighted by molar-refractivity contribution is 7.99. The maximum Gasteiger partial charge on any atom is 0.251 e. The maximum atomic E-state index is 12.7. The summed E-state index contributed by atoms with van der Waals surface area (Å²) in [6, 6.07) is 36.6. The number of aliphatic hydroxyl groups excluding tert-OH is 1. The van der Waals surface area contributed by atoms with Gasteiger partial charge in [0.25, 0.3) is 5.03 Å². The van der Waals surface area contributed by atoms with Crippen LogP contribution in [0.25, 0.3) is 11.1 Å². The second-order valence-corrected chi connectivity index (χ2v) is 14.7. The van der Waals surface area contributed by atoms with Crippen molar-refractivity contribution in [2.24, 2.45) is 0 Å². The lowest BCUT2D eigenvalue weighted by atomic mass is 9.99. The summed E-state index contributed by atoms with van der Waals surface area (Å²) in [6.07, 6.45) is 5.16. The molecule has 1 aliphatic rings. The molecule has 286 valence electrons. The standard InChI is InChI=1S/C44H48N4O6S/c45-38-15-5-6-16-39(38)47-42(51)18-4-2-1-3-17-41(50)46-28-32-11-9-12-34(25-32)35-13-10-14-36(26-35)44-53-37(30-55-43-19-7-8-24-48(43)52)27-40(54-44)33-22-20-31(29-49)21-23-33/h5-16,19-26,37,40,44,49H,1-4,17-18,27-30,45H2,(H,46,50)(H,47,51)/t37-,40+,44+/m1/s1. The molecule has 0 saturated carbocycles. The van der Waals surface area contributed by atoms with E-state index in [9.17, 15) is 19.9 Å². The number of carbonyl (C=O) groups is 2. The zero-order chi connectivity index (χ0) is 38.4. The third kappa shape index (κ3) is 11.6. The molecule has 1 saturated heterocycles. The zero-order valence-corrected chi connectivity index (χ0v) is 31.6. The molecule has 0 radical (unpaired) electrons. The van der Waals surface area contributed by atoms with Gasteiger partial charge in [0.1, 0.15) is 0 Å². The Morgan fingerprint density at radius 1 is 0.782 bits per heavy atom. The van der Waals surface area contributed by atoms with E-state index in [1.165, 1.54) is 18.0 Å². The van der Waals surface area contributed by atoms with Gasteiger partial charge < -0.3 is 36.2 Å². The van der Waals surface area contributed by atoms with E-state index in [2.05, 4.69) is 22.8 Å². The van der Waals surface area contributed by atoms with Crippen LogP contribution < -0.4 is 21.1 Å². The number of thioether (sulfide) groups is 1. The second-order valence-electron chi connectivity index (χ2n) is 13.7. The van der Waals surface area contributed by atoms with E-state index in [4.69, 9.17) is 15.2 Å². The van der Waals surface area contributed by atoms with E-state index < -0.39 is 6.29 Å². The molecule has 1 aromatic heterocycles. The quantitative estimate of drug-likeness (QED) is 0.0245. The third-order valence-corrected chi connectivity index (χ3v) is 10.7. The molecule has 6 rings (SSSR count). The number of nitrogens with zero attached hydrogens (tertiary/aromatic N) is 1. The average Bonchev–Trinajstić information content (AvgIpc) is 3.22. The Morgan fingerprint density at radius 3 is 2.27 bits per heavy atom. The largest absolute Gasteiger partial charge is 0.618 e. The number of benzene rings is 4. The molecule has 5 aromatic rings. The average molecular weight is 761 g/mol. The Balaban J connectivity index is 1.01. The van der Waals surface area contributed by atoms with E-state index in [0.29, 0.717) is 48.0 Å². The second kappa shape index (κ2) is 19.9. The van der Waals surface area contributed by atoms with Gasteiger partial charge >= 0.3 is 0 Å². The number of pyridine rings is 1. The Hall–Kier alpha value is -5.20. The molecule has 10 nitrogen and oxygen atoms in total. The number of amides is 2. The van der Waals surface area contributed by atoms with E-state index in [1.807, 2.05) is 78.9 Å². The van der Waals surface area contributed by atoms with Gasteiger partial charge in [-0.25, -0.2) is 0 Å². The van der Waals surface area contributed by atoms with Crippen molar-refractivity contribution in [3.05, 3.63) is 149 Å². The number of nitrogen functional groups attached to an aromatic ring is 1. The summed E-state index contributed by atoms with van der Waals surface area (Å²) < 4.78 is 14.0. The van der Waals surface area contributed by atoms with Crippen LogP contribution in [-0.2, 0) is 32.2 Å². The minimum absolute atomic E-state index is 0.00176. The van der Waals surface area contributed by atoms with Crippen molar-refractivity contribution in [1.29, 1.82) is 0 Å². The topological polar surface area (TPSA) is 150 Å². The fourth-order valence-corrected chi connectivity index (χ4v) is 7.42. The number of rotatable bonds is 17. The van der Waals surface area contributed by atoms with Crippen LogP contribution in [0.15, 0.2) is 126 Å². The van der Waals surface area contributed by atoms with Crippen molar-refractivity contribution in [2.45, 2.75) is 81.6 Å². The number of aromatic nitrogens is 1. The number of nitrogens with one attached hydrogen (secondary N) is 2. The van der Waals surface area contributed by atoms with Gasteiger partial charge in [-0.05, 0) is 71.0 Å². The van der Waals surface area contributed by atoms with Gasteiger partial charge in [-0.3, -0.25) is 9.59 Å². The molecule has 0 aliphatic carbocycles. The van der Waals surface area contributed by atoms with Crippen molar-refractivity contribution in [3.8, 4) is 11.1 Å². The molecule has 2 amide bonds. The number of para-hydroxylation sites is 2. The lowest BCUT2D eigenvalue weighted by Crippen LogP contribution is -2.32. The first-order valence-corrected chi connectivity index (χ1v) is 19.7. The number of anilines is 2. The summed E-state index contributed by atoms with van der Waals surface area (Å²) in [5.41, 5.74) is 12.8. The van der Waals surface area contributed by atoms with Crippen molar-refractivity contribution < 1.29 is 28.9 Å². The van der Waals surface area contributed by atoms with Crippen molar-refractivity contribution in [3.63, 3.8) is 0 Å². The molecular formula is C44H48N4O6S. The molecule has 0 bridgehead atoms. The molecule has 3 atom stereocenters. The highest BCUT2D eigenvalue weighted by atomic mass is 32.2. The van der Waals surface area contributed by atoms with E-state index in [1.54, 1.807) is 24.3 Å². The lowest BCUT2D eigenvalue weighted by Gasteiger charge is -2.36. The number of carbonyl (C=O) groups excluding carboxylic acids is 2. The fourth-order valence-electron chi connectivity index (χ4n) is 6.49. The maximum absolute atomic E-state index is 12.7. The Labute approximate surface area is 326 Å². The van der Waals surface area contributed by atoms with Crippen LogP contribution in [-0.4, -0.2) is 28.8 Å². The van der Waals surface area contributed by atoms with Gasteiger partial charge in [0, 0.05) is 49.3 Å². The first kappa shape index (κ1) is 39.5. The zero-order valence-electron chi connectivity index (χ0n) is 30.8. The van der Waals surface area contributed by atoms with Gasteiger partial charge in [-0.15, -0.1) is 0 Å². The van der Waals surface area contributed by atoms with Crippen molar-refractivity contribution >= 4 is 35.0 Å². The number of hydrogen-bond acceptors (Lipinski definition) is 8. The highest BCUT2D eigenvalue weighted by Crippen LogP contribution is 2.40. The summed E-state index contributed by atoms with van der Waals surface area (Å²) in [4.78, 5) is 24.9. The third-order valence-electron chi connectivity index (χ3n) is 9.52. The number of nitrogens with two attached hydrogens (primary N) is 1. The Morgan fingerprint density at radius 2 is 1.51 bits per heavy atom. The molecule has 0 spiro atoms. The van der Waals surface area contributed by atoms with Gasteiger partial charge in [-0.2, -0.15) is 4.73 Å². The SMILES string of the molecule is Nc1ccccc1NC(=O)CCCCCCC(=O)NCc1cccc(-c2cccc([C@H]3O[C@@H](CSc4cccc[n+]4[O-])C[C@@H](c4ccc(CO)cc4)O3)c2)c1. The predicted molar refractivity (Wildman–Crippen MR) is 215 cm³/mol. The van der Waals surface area contributed by atoms with E-state index in [0.717, 1.165) is 63.8 Å². The van der Waals surface area contributed by atoms with Crippen LogP contribution in [0.4, 0.5) is 11.4 Å². The summed E-state index contributed by atoms with van der Waals surface area (Å²) in [5, 5.41) is 28.4. The number of hydrogen-bond donors (Lipinski definition) is 4. The van der Waals surface area contributed by atoms with Crippen LogP contribution in [0.1, 0.15) is 79.6 Å². The molecule has 0 unspecified atom stereocenters. The molecule has 1 fully saturated rings. The predicted octanol–water partition coefficient (Wildman–Crippen LogP) is 7.99. The van der Waals surface area contributed by atoms with Crippen LogP contribution in [0.2, 0.25) is 0 Å². The summed E-state index contributed by atoms with van der Waals surface area (Å²) in [7, 11) is 0. The van der Waals surface area contributed by atoms with Crippen molar-refractivity contribution in [2.75, 3.05) is 16.8 Å². The molecule has 55 heavy (non-hydrogen) atoms. The lowest BCUT2D eigenvalue weighted by molar-refractivity contribution is -0.645. The van der Waals surface area contributed by atoms with Gasteiger partial charge in [0.2, 0.25) is 11.8 Å². The van der Waals surface area contributed by atoms with Crippen molar-refractivity contribution in [1.82, 2.24) is 5.32 Å². The smallest absolute Gasteiger partial charge is 0.251 e. The summed E-state index contributed by atoms with van der Waals surface area (Å²) in [5.74, 6) is 0.523. The monoisotopic (exact) mass is 760 g/mol. The van der Waals surface area contributed by atoms with Gasteiger partial charge in [0.05, 0.1) is 30.2 Å². The number of aliphatic hydroxyl groups is 1. The number of ether oxygens (including phenoxy) is 2. The molecule has 4 aromatic carbocycles. The summed E-state index contributed by atoms with van der Waals surface area (Å²) >= 11 is 1.46. The van der Waals surface area contributed by atoms with E-state index in [-0.39, 0.29) is 30.6 Å². The minimum Gasteiger partial charge on any atom is -0.618 e. The molecule has 2 heterocycles. The van der Waals surface area contributed by atoms with Crippen LogP contribution in [0.5, 0.6) is 0 Å². The van der Waals surface area contributed by atoms with Gasteiger partial charge in [-0.1, -0.05) is 97.4 Å². The van der Waals surface area contributed by atoms with Crippen LogP contribution in [0.3, 0.4) is 0 Å². The molecule has 11 heteroatoms. The molecular weight excluding hydrogens is 713 g/mol. The molecule has 1 aliphatic heterocycles. The normalized spacial score (nSPS) is 16.7. The minimum atomic E-state index is -0.634.